The van der Waals surface area contributed by atoms with Gasteiger partial charge in [0.2, 0.25) is 0 Å². The summed E-state index contributed by atoms with van der Waals surface area (Å²) in [6, 6.07) is 6.21. The predicted octanol–water partition coefficient (Wildman–Crippen LogP) is 4.42. The summed E-state index contributed by atoms with van der Waals surface area (Å²) in [5.41, 5.74) is 0.476. The van der Waals surface area contributed by atoms with E-state index in [1.165, 1.54) is 12.7 Å². The summed E-state index contributed by atoms with van der Waals surface area (Å²) in [6.45, 7) is 1.95. The summed E-state index contributed by atoms with van der Waals surface area (Å²) in [5, 5.41) is 6.24. The van der Waals surface area contributed by atoms with E-state index in [0.29, 0.717) is 21.6 Å². The van der Waals surface area contributed by atoms with Gasteiger partial charge < -0.3 is 10.2 Å². The van der Waals surface area contributed by atoms with Crippen molar-refractivity contribution in [2.45, 2.75) is 19.3 Å². The summed E-state index contributed by atoms with van der Waals surface area (Å²) in [5.74, 6) is 1.26. The highest BCUT2D eigenvalue weighted by atomic mass is 35.5. The zero-order chi connectivity index (χ0) is 16.9. The Bertz CT molecular complexity index is 734. The number of nitrogens with zero attached hydrogens (tertiary/aromatic N) is 3. The first-order valence-corrected chi connectivity index (χ1v) is 8.47. The van der Waals surface area contributed by atoms with Crippen LogP contribution < -0.4 is 15.5 Å². The molecule has 1 fully saturated rings. The summed E-state index contributed by atoms with van der Waals surface area (Å²) in [7, 11) is 0. The molecule has 0 unspecified atom stereocenters. The van der Waals surface area contributed by atoms with Gasteiger partial charge in [-0.25, -0.2) is 14.8 Å². The molecule has 1 saturated heterocycles. The van der Waals surface area contributed by atoms with Crippen molar-refractivity contribution in [2.75, 3.05) is 28.6 Å². The van der Waals surface area contributed by atoms with E-state index in [2.05, 4.69) is 25.5 Å². The van der Waals surface area contributed by atoms with Gasteiger partial charge in [0, 0.05) is 24.2 Å². The third-order valence-electron chi connectivity index (χ3n) is 3.75. The molecule has 2 amide bonds. The molecule has 8 heteroatoms. The molecule has 2 aromatic rings. The largest absolute Gasteiger partial charge is 0.356 e. The van der Waals surface area contributed by atoms with E-state index in [0.717, 1.165) is 31.7 Å². The lowest BCUT2D eigenvalue weighted by molar-refractivity contribution is 0.262. The number of amides is 2. The number of rotatable bonds is 3. The normalized spacial score (nSPS) is 14.3. The Labute approximate surface area is 150 Å². The number of piperidine rings is 1. The Morgan fingerprint density at radius 1 is 1.04 bits per heavy atom. The van der Waals surface area contributed by atoms with Crippen molar-refractivity contribution in [3.63, 3.8) is 0 Å². The molecule has 1 aromatic carbocycles. The molecule has 2 N–H and O–H groups in total. The van der Waals surface area contributed by atoms with Gasteiger partial charge in [-0.05, 0) is 37.5 Å². The van der Waals surface area contributed by atoms with E-state index >= 15 is 0 Å². The van der Waals surface area contributed by atoms with Gasteiger partial charge >= 0.3 is 6.03 Å². The molecule has 0 bridgehead atoms. The molecular weight excluding hydrogens is 349 g/mol. The second kappa shape index (κ2) is 7.68. The van der Waals surface area contributed by atoms with Crippen molar-refractivity contribution in [2.24, 2.45) is 0 Å². The van der Waals surface area contributed by atoms with Crippen LogP contribution in [0.25, 0.3) is 0 Å². The van der Waals surface area contributed by atoms with Crippen LogP contribution in [0.5, 0.6) is 0 Å². The Hall–Kier alpha value is -2.05. The van der Waals surface area contributed by atoms with E-state index in [-0.39, 0.29) is 0 Å². The van der Waals surface area contributed by atoms with Gasteiger partial charge in [-0.2, -0.15) is 0 Å². The van der Waals surface area contributed by atoms with Crippen molar-refractivity contribution >= 4 is 46.6 Å². The minimum absolute atomic E-state index is 0.370. The molecule has 6 nitrogen and oxygen atoms in total. The highest BCUT2D eigenvalue weighted by molar-refractivity contribution is 6.36. The Balaban J connectivity index is 1.65. The Morgan fingerprint density at radius 3 is 2.58 bits per heavy atom. The highest BCUT2D eigenvalue weighted by Crippen LogP contribution is 2.25. The van der Waals surface area contributed by atoms with Crippen LogP contribution in [0.4, 0.5) is 22.1 Å². The number of carbonyl (C=O) groups is 1. The molecule has 0 radical (unpaired) electrons. The molecule has 0 aliphatic carbocycles. The number of hydrogen-bond donors (Lipinski definition) is 2. The molecule has 1 aliphatic rings. The maximum Gasteiger partial charge on any atom is 0.324 e. The molecule has 24 heavy (non-hydrogen) atoms. The van der Waals surface area contributed by atoms with Crippen LogP contribution in [-0.4, -0.2) is 29.1 Å². The average Bonchev–Trinajstić information content (AvgIpc) is 2.58. The Kier molecular flexibility index (Phi) is 5.37. The third kappa shape index (κ3) is 4.27. The second-order valence-electron chi connectivity index (χ2n) is 5.51. The number of hydrogen-bond acceptors (Lipinski definition) is 4. The maximum absolute atomic E-state index is 12.1. The first-order valence-electron chi connectivity index (χ1n) is 7.72. The monoisotopic (exact) mass is 365 g/mol. The first kappa shape index (κ1) is 16.8. The second-order valence-corrected chi connectivity index (χ2v) is 6.36. The smallest absolute Gasteiger partial charge is 0.324 e. The zero-order valence-corrected chi connectivity index (χ0v) is 14.4. The lowest BCUT2D eigenvalue weighted by Gasteiger charge is -2.27. The van der Waals surface area contributed by atoms with Crippen LogP contribution in [0.3, 0.4) is 0 Å². The standard InChI is InChI=1S/C16H17Cl2N5O/c17-11-4-5-13(12(18)8-11)21-16(24)22-14-9-15(20-10-19-14)23-6-2-1-3-7-23/h4-5,8-10H,1-3,6-7H2,(H2,19,20,21,22,24). The van der Waals surface area contributed by atoms with Gasteiger partial charge in [0.15, 0.2) is 0 Å². The van der Waals surface area contributed by atoms with Crippen molar-refractivity contribution in [3.05, 3.63) is 40.6 Å². The molecule has 1 aliphatic heterocycles. The van der Waals surface area contributed by atoms with Crippen LogP contribution in [0.1, 0.15) is 19.3 Å². The van der Waals surface area contributed by atoms with Crippen molar-refractivity contribution in [3.8, 4) is 0 Å². The summed E-state index contributed by atoms with van der Waals surface area (Å²) in [6.07, 6.45) is 5.01. The van der Waals surface area contributed by atoms with Crippen LogP contribution in [0.15, 0.2) is 30.6 Å². The molecule has 0 saturated carbocycles. The fourth-order valence-corrected chi connectivity index (χ4v) is 3.03. The van der Waals surface area contributed by atoms with Gasteiger partial charge in [0.1, 0.15) is 18.0 Å². The van der Waals surface area contributed by atoms with Crippen molar-refractivity contribution in [1.82, 2.24) is 9.97 Å². The van der Waals surface area contributed by atoms with E-state index in [4.69, 9.17) is 23.2 Å². The molecule has 2 heterocycles. The molecule has 1 aromatic heterocycles. The number of halogens is 2. The number of anilines is 3. The number of urea groups is 1. The topological polar surface area (TPSA) is 70.2 Å². The number of nitrogens with one attached hydrogen (secondary N) is 2. The van der Waals surface area contributed by atoms with Crippen molar-refractivity contribution in [1.29, 1.82) is 0 Å². The molecule has 0 atom stereocenters. The summed E-state index contributed by atoms with van der Waals surface area (Å²) in [4.78, 5) is 22.7. The van der Waals surface area contributed by atoms with E-state index in [1.807, 2.05) is 0 Å². The minimum Gasteiger partial charge on any atom is -0.356 e. The van der Waals surface area contributed by atoms with Gasteiger partial charge in [0.25, 0.3) is 0 Å². The van der Waals surface area contributed by atoms with Crippen LogP contribution in [-0.2, 0) is 0 Å². The maximum atomic E-state index is 12.1. The summed E-state index contributed by atoms with van der Waals surface area (Å²) >= 11 is 11.9. The molecule has 126 valence electrons. The third-order valence-corrected chi connectivity index (χ3v) is 4.30. The van der Waals surface area contributed by atoms with Crippen LogP contribution in [0.2, 0.25) is 10.0 Å². The number of carbonyl (C=O) groups excluding carboxylic acids is 1. The quantitative estimate of drug-likeness (QED) is 0.844. The predicted molar refractivity (Wildman–Crippen MR) is 97.2 cm³/mol. The Morgan fingerprint density at radius 2 is 1.83 bits per heavy atom. The highest BCUT2D eigenvalue weighted by Gasteiger charge is 2.14. The van der Waals surface area contributed by atoms with Gasteiger partial charge in [-0.3, -0.25) is 5.32 Å². The first-order chi connectivity index (χ1) is 11.6. The minimum atomic E-state index is -0.428. The van der Waals surface area contributed by atoms with Gasteiger partial charge in [-0.1, -0.05) is 23.2 Å². The van der Waals surface area contributed by atoms with E-state index in [9.17, 15) is 4.79 Å². The fourth-order valence-electron chi connectivity index (χ4n) is 2.57. The average molecular weight is 366 g/mol. The van der Waals surface area contributed by atoms with Crippen LogP contribution >= 0.6 is 23.2 Å². The fraction of sp³-hybridized carbons (Fsp3) is 0.312. The molecule has 0 spiro atoms. The van der Waals surface area contributed by atoms with Crippen molar-refractivity contribution < 1.29 is 4.79 Å². The van der Waals surface area contributed by atoms with Crippen LogP contribution in [0, 0.1) is 0 Å². The van der Waals surface area contributed by atoms with Gasteiger partial charge in [-0.15, -0.1) is 0 Å². The SMILES string of the molecule is O=C(Nc1cc(N2CCCCC2)ncn1)Nc1ccc(Cl)cc1Cl. The number of benzene rings is 1. The lowest BCUT2D eigenvalue weighted by atomic mass is 10.1. The van der Waals surface area contributed by atoms with E-state index < -0.39 is 6.03 Å². The number of aromatic nitrogens is 2. The van der Waals surface area contributed by atoms with Gasteiger partial charge in [0.05, 0.1) is 10.7 Å². The molecular formula is C16H17Cl2N5O. The lowest BCUT2D eigenvalue weighted by Crippen LogP contribution is -2.30. The van der Waals surface area contributed by atoms with E-state index in [1.54, 1.807) is 24.3 Å². The molecule has 3 rings (SSSR count). The summed E-state index contributed by atoms with van der Waals surface area (Å²) < 4.78 is 0. The zero-order valence-electron chi connectivity index (χ0n) is 12.9.